The summed E-state index contributed by atoms with van der Waals surface area (Å²) in [6.45, 7) is 8.63. The molecule has 3 unspecified atom stereocenters. The van der Waals surface area contributed by atoms with Crippen LogP contribution in [-0.4, -0.2) is 17.6 Å². The molecule has 21 heavy (non-hydrogen) atoms. The summed E-state index contributed by atoms with van der Waals surface area (Å²) in [7, 11) is -3.89. The highest BCUT2D eigenvalue weighted by atomic mass is 31.2. The standard InChI is InChI=1S/C16H35O4P/c1-5-8-10-11-13-19-21(17,18)20-15(4)14-16(7-3)12-9-6-2/h15-16H,5-14H2,1-4H3,(H,17,18). The molecule has 0 aliphatic carbocycles. The third kappa shape index (κ3) is 12.3. The van der Waals surface area contributed by atoms with E-state index in [-0.39, 0.29) is 6.10 Å². The van der Waals surface area contributed by atoms with Crippen LogP contribution in [0.1, 0.15) is 85.5 Å². The Kier molecular flexibility index (Phi) is 12.7. The summed E-state index contributed by atoms with van der Waals surface area (Å²) in [6.07, 6.45) is 9.33. The van der Waals surface area contributed by atoms with Crippen molar-refractivity contribution in [2.45, 2.75) is 91.6 Å². The van der Waals surface area contributed by atoms with Crippen LogP contribution in [0, 0.1) is 5.92 Å². The minimum atomic E-state index is -3.89. The van der Waals surface area contributed by atoms with Crippen molar-refractivity contribution < 1.29 is 18.5 Å². The van der Waals surface area contributed by atoms with E-state index < -0.39 is 7.82 Å². The van der Waals surface area contributed by atoms with E-state index in [0.717, 1.165) is 44.9 Å². The normalized spacial score (nSPS) is 17.4. The van der Waals surface area contributed by atoms with E-state index in [1.54, 1.807) is 0 Å². The van der Waals surface area contributed by atoms with Crippen LogP contribution >= 0.6 is 7.82 Å². The molecule has 0 saturated carbocycles. The summed E-state index contributed by atoms with van der Waals surface area (Å²) in [5.74, 6) is 0.560. The monoisotopic (exact) mass is 322 g/mol. The van der Waals surface area contributed by atoms with Gasteiger partial charge in [0.25, 0.3) is 0 Å². The number of hydrogen-bond donors (Lipinski definition) is 1. The van der Waals surface area contributed by atoms with E-state index >= 15 is 0 Å². The second-order valence-electron chi connectivity index (χ2n) is 5.93. The molecule has 128 valence electrons. The first-order valence-electron chi connectivity index (χ1n) is 8.60. The van der Waals surface area contributed by atoms with Gasteiger partial charge in [0.15, 0.2) is 0 Å². The lowest BCUT2D eigenvalue weighted by Crippen LogP contribution is -2.14. The Morgan fingerprint density at radius 1 is 1.05 bits per heavy atom. The van der Waals surface area contributed by atoms with Crippen LogP contribution in [0.5, 0.6) is 0 Å². The van der Waals surface area contributed by atoms with Crippen molar-refractivity contribution in [1.29, 1.82) is 0 Å². The summed E-state index contributed by atoms with van der Waals surface area (Å²) in [6, 6.07) is 0. The molecule has 0 rings (SSSR count). The highest BCUT2D eigenvalue weighted by Crippen LogP contribution is 2.45. The average molecular weight is 322 g/mol. The van der Waals surface area contributed by atoms with E-state index in [9.17, 15) is 9.46 Å². The van der Waals surface area contributed by atoms with Gasteiger partial charge in [-0.25, -0.2) is 4.57 Å². The van der Waals surface area contributed by atoms with Crippen molar-refractivity contribution in [3.8, 4) is 0 Å². The van der Waals surface area contributed by atoms with E-state index in [0.29, 0.717) is 12.5 Å². The molecule has 0 spiro atoms. The molecule has 5 heteroatoms. The van der Waals surface area contributed by atoms with Crippen LogP contribution in [0.25, 0.3) is 0 Å². The Bertz CT molecular complexity index is 283. The van der Waals surface area contributed by atoms with E-state index in [4.69, 9.17) is 9.05 Å². The molecule has 0 aromatic heterocycles. The maximum absolute atomic E-state index is 11.9. The summed E-state index contributed by atoms with van der Waals surface area (Å²) >= 11 is 0. The third-order valence-electron chi connectivity index (χ3n) is 3.77. The lowest BCUT2D eigenvalue weighted by molar-refractivity contribution is 0.0959. The highest BCUT2D eigenvalue weighted by molar-refractivity contribution is 7.47. The minimum absolute atomic E-state index is 0.238. The summed E-state index contributed by atoms with van der Waals surface area (Å²) in [5.41, 5.74) is 0. The molecule has 0 heterocycles. The Labute approximate surface area is 131 Å². The zero-order valence-corrected chi connectivity index (χ0v) is 15.2. The fraction of sp³-hybridized carbons (Fsp3) is 1.00. The van der Waals surface area contributed by atoms with Gasteiger partial charge in [-0.2, -0.15) is 0 Å². The fourth-order valence-electron chi connectivity index (χ4n) is 2.46. The van der Waals surface area contributed by atoms with Crippen LogP contribution in [0.15, 0.2) is 0 Å². The van der Waals surface area contributed by atoms with Gasteiger partial charge in [-0.3, -0.25) is 9.05 Å². The molecular weight excluding hydrogens is 287 g/mol. The van der Waals surface area contributed by atoms with Gasteiger partial charge in [0.2, 0.25) is 0 Å². The SMILES string of the molecule is CCCCCCOP(=O)(O)OC(C)CC(CC)CCCC. The number of hydrogen-bond acceptors (Lipinski definition) is 3. The lowest BCUT2D eigenvalue weighted by Gasteiger charge is -2.22. The Balaban J connectivity index is 3.97. The molecule has 0 amide bonds. The maximum atomic E-state index is 11.9. The molecule has 0 radical (unpaired) electrons. The maximum Gasteiger partial charge on any atom is 0.472 e. The largest absolute Gasteiger partial charge is 0.472 e. The van der Waals surface area contributed by atoms with Crippen molar-refractivity contribution in [3.63, 3.8) is 0 Å². The van der Waals surface area contributed by atoms with Crippen molar-refractivity contribution in [3.05, 3.63) is 0 Å². The summed E-state index contributed by atoms with van der Waals surface area (Å²) in [5, 5.41) is 0. The van der Waals surface area contributed by atoms with Gasteiger partial charge in [0.1, 0.15) is 0 Å². The Morgan fingerprint density at radius 3 is 2.29 bits per heavy atom. The first kappa shape index (κ1) is 21.1. The molecule has 1 N–H and O–H groups in total. The van der Waals surface area contributed by atoms with Crippen molar-refractivity contribution in [2.75, 3.05) is 6.61 Å². The Morgan fingerprint density at radius 2 is 1.71 bits per heavy atom. The molecule has 4 nitrogen and oxygen atoms in total. The average Bonchev–Trinajstić information content (AvgIpc) is 2.42. The van der Waals surface area contributed by atoms with Gasteiger partial charge >= 0.3 is 7.82 Å². The smallest absolute Gasteiger partial charge is 0.302 e. The predicted molar refractivity (Wildman–Crippen MR) is 88.4 cm³/mol. The Hall–Kier alpha value is 0.110. The first-order valence-corrected chi connectivity index (χ1v) is 10.1. The summed E-state index contributed by atoms with van der Waals surface area (Å²) < 4.78 is 22.1. The molecule has 0 aliphatic heterocycles. The van der Waals surface area contributed by atoms with Crippen molar-refractivity contribution >= 4 is 7.82 Å². The number of phosphoric acid groups is 1. The minimum Gasteiger partial charge on any atom is -0.302 e. The fourth-order valence-corrected chi connectivity index (χ4v) is 3.42. The van der Waals surface area contributed by atoms with E-state index in [1.165, 1.54) is 12.8 Å². The van der Waals surface area contributed by atoms with Crippen molar-refractivity contribution in [2.24, 2.45) is 5.92 Å². The van der Waals surface area contributed by atoms with Gasteiger partial charge in [-0.05, 0) is 25.7 Å². The van der Waals surface area contributed by atoms with E-state index in [2.05, 4.69) is 20.8 Å². The van der Waals surface area contributed by atoms with Gasteiger partial charge in [-0.1, -0.05) is 65.7 Å². The zero-order valence-electron chi connectivity index (χ0n) is 14.3. The van der Waals surface area contributed by atoms with Gasteiger partial charge < -0.3 is 4.89 Å². The first-order chi connectivity index (χ1) is 9.95. The second kappa shape index (κ2) is 12.6. The molecule has 0 saturated heterocycles. The highest BCUT2D eigenvalue weighted by Gasteiger charge is 2.25. The van der Waals surface area contributed by atoms with Crippen molar-refractivity contribution in [1.82, 2.24) is 0 Å². The molecular formula is C16H35O4P. The zero-order chi connectivity index (χ0) is 16.1. The number of phosphoric ester groups is 1. The topological polar surface area (TPSA) is 55.8 Å². The molecule has 0 aromatic rings. The number of unbranched alkanes of at least 4 members (excludes halogenated alkanes) is 4. The molecule has 0 bridgehead atoms. The van der Waals surface area contributed by atoms with Crippen LogP contribution in [-0.2, 0) is 13.6 Å². The number of rotatable bonds is 14. The van der Waals surface area contributed by atoms with Crippen LogP contribution in [0.3, 0.4) is 0 Å². The van der Waals surface area contributed by atoms with Gasteiger partial charge in [0, 0.05) is 0 Å². The third-order valence-corrected chi connectivity index (χ3v) is 4.91. The van der Waals surface area contributed by atoms with Crippen LogP contribution < -0.4 is 0 Å². The molecule has 0 fully saturated rings. The van der Waals surface area contributed by atoms with E-state index in [1.807, 2.05) is 6.92 Å². The molecule has 3 atom stereocenters. The summed E-state index contributed by atoms with van der Waals surface area (Å²) in [4.78, 5) is 9.71. The van der Waals surface area contributed by atoms with Crippen LogP contribution in [0.2, 0.25) is 0 Å². The van der Waals surface area contributed by atoms with Gasteiger partial charge in [-0.15, -0.1) is 0 Å². The predicted octanol–water partition coefficient (Wildman–Crippen LogP) is 5.70. The molecule has 0 aromatic carbocycles. The quantitative estimate of drug-likeness (QED) is 0.329. The van der Waals surface area contributed by atoms with Crippen LogP contribution in [0.4, 0.5) is 0 Å². The second-order valence-corrected chi connectivity index (χ2v) is 7.34. The molecule has 0 aliphatic rings. The van der Waals surface area contributed by atoms with Gasteiger partial charge in [0.05, 0.1) is 12.7 Å². The lowest BCUT2D eigenvalue weighted by atomic mass is 9.94.